The van der Waals surface area contributed by atoms with Crippen molar-refractivity contribution in [2.24, 2.45) is 10.2 Å². The van der Waals surface area contributed by atoms with Gasteiger partial charge in [0.25, 0.3) is 0 Å². The lowest BCUT2D eigenvalue weighted by atomic mass is 10.0. The summed E-state index contributed by atoms with van der Waals surface area (Å²) in [7, 11) is 0. The van der Waals surface area contributed by atoms with Gasteiger partial charge in [-0.3, -0.25) is 0 Å². The lowest BCUT2D eigenvalue weighted by molar-refractivity contribution is 1.23. The number of terminal acetylenes is 4. The summed E-state index contributed by atoms with van der Waals surface area (Å²) >= 11 is 0. The fourth-order valence-electron chi connectivity index (χ4n) is 3.34. The number of hydrogen-bond acceptors (Lipinski definition) is 2. The van der Waals surface area contributed by atoms with Gasteiger partial charge >= 0.3 is 0 Å². The smallest absolute Gasteiger partial charge is 0.0857 e. The summed E-state index contributed by atoms with van der Waals surface area (Å²) in [5.74, 6) is 22.9. The van der Waals surface area contributed by atoms with Crippen molar-refractivity contribution in [2.75, 3.05) is 0 Å². The predicted molar refractivity (Wildman–Crippen MR) is 154 cm³/mol. The van der Waals surface area contributed by atoms with Gasteiger partial charge in [0.15, 0.2) is 0 Å². The van der Waals surface area contributed by atoms with Crippen LogP contribution in [0.2, 0.25) is 0 Å². The lowest BCUT2D eigenvalue weighted by Crippen LogP contribution is -1.86. The third kappa shape index (κ3) is 6.29. The SMILES string of the molecule is C#Cc1ccc(C#C)c(C#Cc2ccc(N=Nc3ccc(C#Cc4cc(C#C)ccc4C#C)cc3)cc2)c1. The Morgan fingerprint density at radius 3 is 1.08 bits per heavy atom. The van der Waals surface area contributed by atoms with Crippen LogP contribution in [0.3, 0.4) is 0 Å². The third-order valence-corrected chi connectivity index (χ3v) is 5.38. The fourth-order valence-corrected chi connectivity index (χ4v) is 3.34. The predicted octanol–water partition coefficient (Wildman–Crippen LogP) is 6.83. The molecule has 0 spiro atoms. The normalized spacial score (nSPS) is 9.47. The summed E-state index contributed by atoms with van der Waals surface area (Å²) in [5, 5.41) is 8.60. The van der Waals surface area contributed by atoms with Crippen LogP contribution in [0.5, 0.6) is 0 Å². The summed E-state index contributed by atoms with van der Waals surface area (Å²) in [4.78, 5) is 0. The molecular weight excluding hydrogens is 460 g/mol. The summed E-state index contributed by atoms with van der Waals surface area (Å²) in [6.07, 6.45) is 22.1. The first-order valence-electron chi connectivity index (χ1n) is 11.4. The third-order valence-electron chi connectivity index (χ3n) is 5.38. The van der Waals surface area contributed by atoms with Gasteiger partial charge in [0.1, 0.15) is 0 Å². The lowest BCUT2D eigenvalue weighted by Gasteiger charge is -1.98. The molecule has 0 unspecified atom stereocenters. The molecule has 0 aliphatic heterocycles. The van der Waals surface area contributed by atoms with Crippen molar-refractivity contribution in [1.29, 1.82) is 0 Å². The molecule has 38 heavy (non-hydrogen) atoms. The van der Waals surface area contributed by atoms with Crippen molar-refractivity contribution >= 4 is 11.4 Å². The Labute approximate surface area is 223 Å². The molecule has 0 saturated carbocycles. The molecule has 0 N–H and O–H groups in total. The van der Waals surface area contributed by atoms with Crippen molar-refractivity contribution in [3.8, 4) is 73.1 Å². The highest BCUT2D eigenvalue weighted by Crippen LogP contribution is 2.19. The maximum Gasteiger partial charge on any atom is 0.0857 e. The van der Waals surface area contributed by atoms with Gasteiger partial charge in [0.2, 0.25) is 0 Å². The number of nitrogens with zero attached hydrogens (tertiary/aromatic N) is 2. The highest BCUT2D eigenvalue weighted by atomic mass is 15.1. The van der Waals surface area contributed by atoms with E-state index in [9.17, 15) is 0 Å². The molecule has 0 radical (unpaired) electrons. The van der Waals surface area contributed by atoms with Gasteiger partial charge < -0.3 is 0 Å². The van der Waals surface area contributed by atoms with Gasteiger partial charge in [0, 0.05) is 44.5 Å². The van der Waals surface area contributed by atoms with Crippen LogP contribution in [0, 0.1) is 73.1 Å². The van der Waals surface area contributed by atoms with Gasteiger partial charge in [0.05, 0.1) is 11.4 Å². The van der Waals surface area contributed by atoms with Gasteiger partial charge in [-0.1, -0.05) is 47.4 Å². The average molecular weight is 479 g/mol. The van der Waals surface area contributed by atoms with E-state index in [0.717, 1.165) is 33.4 Å². The molecule has 0 fully saturated rings. The molecule has 4 aromatic rings. The molecule has 0 bridgehead atoms. The van der Waals surface area contributed by atoms with Crippen LogP contribution in [0.15, 0.2) is 95.2 Å². The molecular formula is C36H18N2. The van der Waals surface area contributed by atoms with Gasteiger partial charge in [-0.2, -0.15) is 10.2 Å². The minimum absolute atomic E-state index is 0.702. The molecule has 0 aliphatic rings. The second-order valence-electron chi connectivity index (χ2n) is 7.89. The van der Waals surface area contributed by atoms with Crippen molar-refractivity contribution in [1.82, 2.24) is 0 Å². The van der Waals surface area contributed by atoms with Crippen molar-refractivity contribution in [2.45, 2.75) is 0 Å². The van der Waals surface area contributed by atoms with Crippen molar-refractivity contribution in [3.05, 3.63) is 129 Å². The maximum atomic E-state index is 5.57. The van der Waals surface area contributed by atoms with Gasteiger partial charge in [-0.15, -0.1) is 25.7 Å². The van der Waals surface area contributed by atoms with E-state index in [4.69, 9.17) is 25.7 Å². The molecule has 0 amide bonds. The van der Waals surface area contributed by atoms with Crippen LogP contribution in [0.25, 0.3) is 0 Å². The Kier molecular flexibility index (Phi) is 7.88. The van der Waals surface area contributed by atoms with Crippen molar-refractivity contribution in [3.63, 3.8) is 0 Å². The Hall–Kier alpha value is -6.16. The Morgan fingerprint density at radius 1 is 0.368 bits per heavy atom. The summed E-state index contributed by atoms with van der Waals surface area (Å²) in [6, 6.07) is 25.7. The summed E-state index contributed by atoms with van der Waals surface area (Å²) < 4.78 is 0. The van der Waals surface area contributed by atoms with E-state index in [1.165, 1.54) is 0 Å². The Bertz CT molecular complexity index is 1700. The highest BCUT2D eigenvalue weighted by molar-refractivity contribution is 5.57. The number of hydrogen-bond donors (Lipinski definition) is 0. The molecule has 0 aromatic heterocycles. The first kappa shape index (κ1) is 24.9. The standard InChI is InChI=1S/C36H18N2/c1-5-27-9-17-31(7-3)33(25-27)19-11-29-13-21-35(22-14-29)37-38-36-23-15-30(16-24-36)12-20-34-26-28(6-2)10-18-32(34)8-4/h1-4,9-10,13-18,21-26H. The molecule has 172 valence electrons. The highest BCUT2D eigenvalue weighted by Gasteiger charge is 2.00. The van der Waals surface area contributed by atoms with Crippen LogP contribution in [-0.4, -0.2) is 0 Å². The van der Waals surface area contributed by atoms with E-state index in [2.05, 4.69) is 57.6 Å². The van der Waals surface area contributed by atoms with Gasteiger partial charge in [-0.25, -0.2) is 0 Å². The fraction of sp³-hybridized carbons (Fsp3) is 0. The van der Waals surface area contributed by atoms with Crippen LogP contribution in [0.4, 0.5) is 11.4 Å². The van der Waals surface area contributed by atoms with Crippen LogP contribution in [-0.2, 0) is 0 Å². The summed E-state index contributed by atoms with van der Waals surface area (Å²) in [6.45, 7) is 0. The van der Waals surface area contributed by atoms with Crippen LogP contribution in [0.1, 0.15) is 44.5 Å². The minimum atomic E-state index is 0.702. The molecule has 0 atom stereocenters. The summed E-state index contributed by atoms with van der Waals surface area (Å²) in [5.41, 5.74) is 7.36. The second kappa shape index (κ2) is 12.0. The van der Waals surface area contributed by atoms with Crippen LogP contribution >= 0.6 is 0 Å². The van der Waals surface area contributed by atoms with E-state index in [1.807, 2.05) is 60.7 Å². The quantitative estimate of drug-likeness (QED) is 0.223. The van der Waals surface area contributed by atoms with E-state index in [0.29, 0.717) is 22.5 Å². The average Bonchev–Trinajstić information content (AvgIpc) is 2.98. The van der Waals surface area contributed by atoms with Crippen molar-refractivity contribution < 1.29 is 0 Å². The zero-order valence-electron chi connectivity index (χ0n) is 20.3. The largest absolute Gasteiger partial charge is 0.151 e. The Morgan fingerprint density at radius 2 is 0.737 bits per heavy atom. The monoisotopic (exact) mass is 478 g/mol. The number of azo groups is 1. The van der Waals surface area contributed by atoms with E-state index < -0.39 is 0 Å². The molecule has 0 heterocycles. The maximum absolute atomic E-state index is 5.57. The van der Waals surface area contributed by atoms with Crippen LogP contribution < -0.4 is 0 Å². The minimum Gasteiger partial charge on any atom is -0.151 e. The van der Waals surface area contributed by atoms with E-state index in [-0.39, 0.29) is 0 Å². The molecule has 2 heteroatoms. The molecule has 4 aromatic carbocycles. The second-order valence-corrected chi connectivity index (χ2v) is 7.89. The molecule has 2 nitrogen and oxygen atoms in total. The first-order valence-corrected chi connectivity index (χ1v) is 11.4. The first-order chi connectivity index (χ1) is 18.6. The van der Waals surface area contributed by atoms with E-state index >= 15 is 0 Å². The number of rotatable bonds is 2. The number of benzene rings is 4. The zero-order valence-corrected chi connectivity index (χ0v) is 20.3. The topological polar surface area (TPSA) is 24.7 Å². The Balaban J connectivity index is 1.44. The molecule has 4 rings (SSSR count). The zero-order chi connectivity index (χ0) is 26.7. The van der Waals surface area contributed by atoms with Gasteiger partial charge in [-0.05, 0) is 84.9 Å². The molecule has 0 aliphatic carbocycles. The van der Waals surface area contributed by atoms with E-state index in [1.54, 1.807) is 24.3 Å². The molecule has 0 saturated heterocycles.